The van der Waals surface area contributed by atoms with Crippen LogP contribution in [0.15, 0.2) is 42.5 Å². The number of amides is 1. The van der Waals surface area contributed by atoms with E-state index in [1.807, 2.05) is 39.0 Å². The molecule has 0 bridgehead atoms. The van der Waals surface area contributed by atoms with Crippen molar-refractivity contribution in [3.63, 3.8) is 0 Å². The van der Waals surface area contributed by atoms with Crippen molar-refractivity contribution in [3.05, 3.63) is 59.2 Å². The van der Waals surface area contributed by atoms with Crippen LogP contribution >= 0.6 is 0 Å². The minimum absolute atomic E-state index is 0.0538. The van der Waals surface area contributed by atoms with Crippen molar-refractivity contribution in [2.24, 2.45) is 11.8 Å². The van der Waals surface area contributed by atoms with Crippen molar-refractivity contribution in [3.8, 4) is 11.5 Å². The summed E-state index contributed by atoms with van der Waals surface area (Å²) < 4.78 is 11.8. The first kappa shape index (κ1) is 28.5. The summed E-state index contributed by atoms with van der Waals surface area (Å²) in [4.78, 5) is 25.4. The number of ether oxygens (including phenoxy) is 2. The van der Waals surface area contributed by atoms with Gasteiger partial charge in [0, 0.05) is 17.5 Å². The first-order chi connectivity index (χ1) is 17.8. The predicted molar refractivity (Wildman–Crippen MR) is 146 cm³/mol. The molecule has 3 rings (SSSR count). The van der Waals surface area contributed by atoms with Crippen molar-refractivity contribution in [1.82, 2.24) is 5.32 Å². The molecule has 0 radical (unpaired) electrons. The molecule has 3 unspecified atom stereocenters. The standard InChI is InChI=1S/C31H43NO5/c1-5-36-28-19-24(20-29(22(28)4)37-6-2)21(3)25(16-11-10-15-23-13-8-7-9-14-23)30(33)32-27-18-12-17-26(27)31(34)35/h7-9,13-14,19-21,25-27H,5-6,10-12,15-18H2,1-4H3,(H,32,33)(H,34,35)/t21?,25?,26-,27?/m1/s1. The number of carbonyl (C=O) groups excluding carboxylic acids is 1. The summed E-state index contributed by atoms with van der Waals surface area (Å²) in [6.07, 6.45) is 5.76. The first-order valence-electron chi connectivity index (χ1n) is 13.8. The maximum absolute atomic E-state index is 13.7. The van der Waals surface area contributed by atoms with Gasteiger partial charge in [0.1, 0.15) is 11.5 Å². The quantitative estimate of drug-likeness (QED) is 0.292. The molecule has 0 spiro atoms. The molecule has 2 N–H and O–H groups in total. The van der Waals surface area contributed by atoms with Gasteiger partial charge in [-0.3, -0.25) is 9.59 Å². The number of rotatable bonds is 14. The number of hydrogen-bond donors (Lipinski definition) is 2. The Labute approximate surface area is 221 Å². The maximum Gasteiger partial charge on any atom is 0.308 e. The number of carbonyl (C=O) groups is 2. The van der Waals surface area contributed by atoms with Gasteiger partial charge in [-0.25, -0.2) is 0 Å². The summed E-state index contributed by atoms with van der Waals surface area (Å²) in [6.45, 7) is 9.09. The smallest absolute Gasteiger partial charge is 0.308 e. The average Bonchev–Trinajstić information content (AvgIpc) is 3.35. The van der Waals surface area contributed by atoms with Gasteiger partial charge >= 0.3 is 5.97 Å². The molecule has 1 amide bonds. The zero-order valence-electron chi connectivity index (χ0n) is 22.8. The van der Waals surface area contributed by atoms with Gasteiger partial charge in [-0.05, 0) is 82.1 Å². The zero-order valence-corrected chi connectivity index (χ0v) is 22.8. The molecule has 1 fully saturated rings. The fourth-order valence-electron chi connectivity index (χ4n) is 5.45. The summed E-state index contributed by atoms with van der Waals surface area (Å²) in [5.74, 6) is -0.191. The fraction of sp³-hybridized carbons (Fsp3) is 0.548. The van der Waals surface area contributed by atoms with Crippen LogP contribution in [0, 0.1) is 18.8 Å². The molecule has 6 heteroatoms. The highest BCUT2D eigenvalue weighted by atomic mass is 16.5. The van der Waals surface area contributed by atoms with Gasteiger partial charge < -0.3 is 19.9 Å². The van der Waals surface area contributed by atoms with Gasteiger partial charge in [0.15, 0.2) is 0 Å². The lowest BCUT2D eigenvalue weighted by molar-refractivity contribution is -0.142. The fourth-order valence-corrected chi connectivity index (χ4v) is 5.45. The molecule has 4 atom stereocenters. The molecular weight excluding hydrogens is 466 g/mol. The van der Waals surface area contributed by atoms with E-state index in [9.17, 15) is 14.7 Å². The summed E-state index contributed by atoms with van der Waals surface area (Å²) >= 11 is 0. The van der Waals surface area contributed by atoms with E-state index in [-0.39, 0.29) is 23.8 Å². The molecule has 0 saturated heterocycles. The number of unbranched alkanes of at least 4 members (excludes halogenated alkanes) is 1. The molecular formula is C31H43NO5. The molecule has 1 saturated carbocycles. The van der Waals surface area contributed by atoms with Crippen LogP contribution < -0.4 is 14.8 Å². The Hall–Kier alpha value is -3.02. The Kier molecular flexibility index (Phi) is 10.8. The third-order valence-corrected chi connectivity index (χ3v) is 7.63. The van der Waals surface area contributed by atoms with Crippen LogP contribution in [0.1, 0.15) is 81.9 Å². The lowest BCUT2D eigenvalue weighted by Gasteiger charge is -2.28. The van der Waals surface area contributed by atoms with E-state index in [1.165, 1.54) is 5.56 Å². The van der Waals surface area contributed by atoms with E-state index in [0.717, 1.165) is 54.7 Å². The average molecular weight is 510 g/mol. The molecule has 6 nitrogen and oxygen atoms in total. The van der Waals surface area contributed by atoms with E-state index in [4.69, 9.17) is 9.47 Å². The van der Waals surface area contributed by atoms with Gasteiger partial charge in [-0.1, -0.05) is 50.1 Å². The molecule has 1 aliphatic rings. The highest BCUT2D eigenvalue weighted by molar-refractivity contribution is 5.81. The molecule has 37 heavy (non-hydrogen) atoms. The van der Waals surface area contributed by atoms with Gasteiger partial charge in [0.25, 0.3) is 0 Å². The number of benzene rings is 2. The number of nitrogens with one attached hydrogen (secondary N) is 1. The minimum atomic E-state index is -0.823. The van der Waals surface area contributed by atoms with Gasteiger partial charge in [-0.2, -0.15) is 0 Å². The third kappa shape index (κ3) is 7.73. The monoisotopic (exact) mass is 509 g/mol. The Morgan fingerprint density at radius 2 is 1.68 bits per heavy atom. The number of hydrogen-bond acceptors (Lipinski definition) is 4. The van der Waals surface area contributed by atoms with E-state index >= 15 is 0 Å². The van der Waals surface area contributed by atoms with E-state index in [2.05, 4.69) is 36.5 Å². The second-order valence-electron chi connectivity index (χ2n) is 10.1. The van der Waals surface area contributed by atoms with Crippen LogP contribution in [0.5, 0.6) is 11.5 Å². The normalized spacial score (nSPS) is 18.7. The van der Waals surface area contributed by atoms with Crippen molar-refractivity contribution in [1.29, 1.82) is 0 Å². The number of aryl methyl sites for hydroxylation is 1. The topological polar surface area (TPSA) is 84.9 Å². The lowest BCUT2D eigenvalue weighted by atomic mass is 9.82. The summed E-state index contributed by atoms with van der Waals surface area (Å²) in [5, 5.41) is 12.7. The van der Waals surface area contributed by atoms with Crippen molar-refractivity contribution >= 4 is 11.9 Å². The maximum atomic E-state index is 13.7. The van der Waals surface area contributed by atoms with Crippen LogP contribution in [-0.2, 0) is 16.0 Å². The highest BCUT2D eigenvalue weighted by Gasteiger charge is 2.36. The predicted octanol–water partition coefficient (Wildman–Crippen LogP) is 6.29. The molecule has 0 aromatic heterocycles. The van der Waals surface area contributed by atoms with E-state index in [0.29, 0.717) is 26.1 Å². The molecule has 2 aromatic carbocycles. The van der Waals surface area contributed by atoms with E-state index < -0.39 is 11.9 Å². The van der Waals surface area contributed by atoms with Crippen molar-refractivity contribution in [2.45, 2.75) is 84.6 Å². The Bertz CT molecular complexity index is 995. The number of carboxylic acids is 1. The van der Waals surface area contributed by atoms with Gasteiger partial charge in [0.05, 0.1) is 19.1 Å². The van der Waals surface area contributed by atoms with Crippen molar-refractivity contribution < 1.29 is 24.2 Å². The minimum Gasteiger partial charge on any atom is -0.493 e. The van der Waals surface area contributed by atoms with Crippen LogP contribution in [0.3, 0.4) is 0 Å². The first-order valence-corrected chi connectivity index (χ1v) is 13.8. The molecule has 202 valence electrons. The van der Waals surface area contributed by atoms with Gasteiger partial charge in [0.2, 0.25) is 5.91 Å². The number of aliphatic carboxylic acids is 1. The van der Waals surface area contributed by atoms with Crippen LogP contribution in [-0.4, -0.2) is 36.2 Å². The van der Waals surface area contributed by atoms with Gasteiger partial charge in [-0.15, -0.1) is 0 Å². The largest absolute Gasteiger partial charge is 0.493 e. The Morgan fingerprint density at radius 1 is 1.03 bits per heavy atom. The van der Waals surface area contributed by atoms with Crippen molar-refractivity contribution in [2.75, 3.05) is 13.2 Å². The Morgan fingerprint density at radius 3 is 2.27 bits per heavy atom. The summed E-state index contributed by atoms with van der Waals surface area (Å²) in [7, 11) is 0. The molecule has 2 aromatic rings. The Balaban J connectivity index is 1.81. The van der Waals surface area contributed by atoms with Crippen LogP contribution in [0.2, 0.25) is 0 Å². The SMILES string of the molecule is CCOc1cc(C(C)C(CCCCc2ccccc2)C(=O)NC2CCC[C@H]2C(=O)O)cc(OCC)c1C. The summed E-state index contributed by atoms with van der Waals surface area (Å²) in [6, 6.07) is 14.2. The second-order valence-corrected chi connectivity index (χ2v) is 10.1. The molecule has 0 heterocycles. The van der Waals surface area contributed by atoms with E-state index in [1.54, 1.807) is 0 Å². The lowest BCUT2D eigenvalue weighted by Crippen LogP contribution is -2.44. The van der Waals surface area contributed by atoms with Crippen LogP contribution in [0.4, 0.5) is 0 Å². The van der Waals surface area contributed by atoms with Crippen LogP contribution in [0.25, 0.3) is 0 Å². The molecule has 0 aliphatic heterocycles. The molecule has 1 aliphatic carbocycles. The third-order valence-electron chi connectivity index (χ3n) is 7.63. The second kappa shape index (κ2) is 14.1. The summed E-state index contributed by atoms with van der Waals surface area (Å²) in [5.41, 5.74) is 3.26. The number of carboxylic acid groups (broad SMARTS) is 1. The highest BCUT2D eigenvalue weighted by Crippen LogP contribution is 2.37. The zero-order chi connectivity index (χ0) is 26.8.